The average Bonchev–Trinajstić information content (AvgIpc) is 3.20. The van der Waals surface area contributed by atoms with Crippen LogP contribution in [0.5, 0.6) is 5.75 Å². The molecule has 0 saturated carbocycles. The molecule has 5 nitrogen and oxygen atoms in total. The third kappa shape index (κ3) is 4.37. The minimum Gasteiger partial charge on any atom is -0.493 e. The van der Waals surface area contributed by atoms with E-state index < -0.39 is 0 Å². The number of likely N-dealkylation sites (N-methyl/N-ethyl adjacent to an activating group) is 1. The van der Waals surface area contributed by atoms with E-state index in [4.69, 9.17) is 10.5 Å². The zero-order valence-corrected chi connectivity index (χ0v) is 16.3. The Morgan fingerprint density at radius 2 is 2.15 bits per heavy atom. The lowest BCUT2D eigenvalue weighted by Crippen LogP contribution is -2.38. The van der Waals surface area contributed by atoms with Gasteiger partial charge in [-0.1, -0.05) is 32.0 Å². The topological polar surface area (TPSA) is 62.9 Å². The molecule has 0 amide bonds. The predicted molar refractivity (Wildman–Crippen MR) is 109 cm³/mol. The quantitative estimate of drug-likeness (QED) is 0.576. The van der Waals surface area contributed by atoms with Crippen molar-refractivity contribution in [2.75, 3.05) is 26.2 Å². The van der Waals surface area contributed by atoms with E-state index in [1.165, 1.54) is 5.56 Å². The number of hydrogen-bond acceptors (Lipinski definition) is 4. The van der Waals surface area contributed by atoms with Crippen LogP contribution < -0.4 is 15.8 Å². The number of nitrogens with one attached hydrogen (secondary N) is 1. The first-order valence-electron chi connectivity index (χ1n) is 9.27. The smallest absolute Gasteiger partial charge is 0.189 e. The summed E-state index contributed by atoms with van der Waals surface area (Å²) in [6.07, 6.45) is 0.886. The highest BCUT2D eigenvalue weighted by atomic mass is 32.1. The van der Waals surface area contributed by atoms with Crippen molar-refractivity contribution in [1.82, 2.24) is 10.2 Å². The molecule has 3 rings (SSSR count). The Balaban J connectivity index is 1.69. The zero-order chi connectivity index (χ0) is 18.4. The predicted octanol–water partition coefficient (Wildman–Crippen LogP) is 3.56. The lowest BCUT2D eigenvalue weighted by molar-refractivity contribution is 0.224. The highest BCUT2D eigenvalue weighted by Crippen LogP contribution is 2.31. The number of para-hydroxylation sites is 1. The fraction of sp³-hybridized carbons (Fsp3) is 0.450. The molecule has 0 radical (unpaired) electrons. The Morgan fingerprint density at radius 3 is 2.88 bits per heavy atom. The van der Waals surface area contributed by atoms with Crippen molar-refractivity contribution in [3.8, 4) is 5.75 Å². The van der Waals surface area contributed by atoms with Gasteiger partial charge in [0.05, 0.1) is 25.2 Å². The van der Waals surface area contributed by atoms with Crippen LogP contribution in [-0.4, -0.2) is 37.1 Å². The number of aliphatic imine (C=N–C) groups is 1. The molecule has 1 aromatic carbocycles. The summed E-state index contributed by atoms with van der Waals surface area (Å²) in [7, 11) is 0. The van der Waals surface area contributed by atoms with Crippen molar-refractivity contribution >= 4 is 17.3 Å². The largest absolute Gasteiger partial charge is 0.493 e. The van der Waals surface area contributed by atoms with Gasteiger partial charge in [-0.3, -0.25) is 9.89 Å². The maximum Gasteiger partial charge on any atom is 0.189 e. The lowest BCUT2D eigenvalue weighted by atomic mass is 10.0. The zero-order valence-electron chi connectivity index (χ0n) is 15.5. The van der Waals surface area contributed by atoms with Gasteiger partial charge in [-0.25, -0.2) is 0 Å². The van der Waals surface area contributed by atoms with E-state index in [1.54, 1.807) is 11.3 Å². The highest BCUT2D eigenvalue weighted by molar-refractivity contribution is 7.07. The molecule has 1 aliphatic rings. The maximum absolute atomic E-state index is 6.23. The first kappa shape index (κ1) is 18.7. The van der Waals surface area contributed by atoms with Crippen molar-refractivity contribution in [2.24, 2.45) is 10.7 Å². The normalized spacial score (nSPS) is 18.3. The second-order valence-electron chi connectivity index (χ2n) is 6.39. The number of fused-ring (bicyclic) bond motifs is 1. The Kier molecular flexibility index (Phi) is 6.52. The van der Waals surface area contributed by atoms with E-state index in [-0.39, 0.29) is 12.1 Å². The minimum absolute atomic E-state index is 0.150. The fourth-order valence-corrected chi connectivity index (χ4v) is 4.17. The van der Waals surface area contributed by atoms with Crippen LogP contribution in [0, 0.1) is 0 Å². The van der Waals surface area contributed by atoms with Crippen molar-refractivity contribution in [3.05, 3.63) is 52.2 Å². The van der Waals surface area contributed by atoms with Gasteiger partial charge in [0, 0.05) is 12.0 Å². The Morgan fingerprint density at radius 1 is 1.35 bits per heavy atom. The minimum atomic E-state index is 0.150. The third-order valence-corrected chi connectivity index (χ3v) is 5.60. The van der Waals surface area contributed by atoms with Gasteiger partial charge >= 0.3 is 0 Å². The fourth-order valence-electron chi connectivity index (χ4n) is 3.46. The first-order chi connectivity index (χ1) is 12.7. The maximum atomic E-state index is 6.23. The van der Waals surface area contributed by atoms with Crippen LogP contribution in [0.4, 0.5) is 0 Å². The van der Waals surface area contributed by atoms with E-state index in [1.807, 2.05) is 18.2 Å². The summed E-state index contributed by atoms with van der Waals surface area (Å²) in [6, 6.07) is 10.7. The SMILES string of the molecule is CCN(CC)C(CN=C(N)NC1CCOc2ccccc21)c1ccsc1. The molecule has 0 saturated heterocycles. The van der Waals surface area contributed by atoms with Crippen molar-refractivity contribution < 1.29 is 4.74 Å². The summed E-state index contributed by atoms with van der Waals surface area (Å²) >= 11 is 1.73. The monoisotopic (exact) mass is 372 g/mol. The molecule has 2 heterocycles. The number of guanidine groups is 1. The number of ether oxygens (including phenoxy) is 1. The van der Waals surface area contributed by atoms with Crippen molar-refractivity contribution in [1.29, 1.82) is 0 Å². The van der Waals surface area contributed by atoms with Crippen LogP contribution in [0.25, 0.3) is 0 Å². The average molecular weight is 373 g/mol. The number of nitrogens with zero attached hydrogens (tertiary/aromatic N) is 2. The summed E-state index contributed by atoms with van der Waals surface area (Å²) < 4.78 is 5.72. The van der Waals surface area contributed by atoms with Crippen molar-refractivity contribution in [3.63, 3.8) is 0 Å². The van der Waals surface area contributed by atoms with Crippen LogP contribution in [-0.2, 0) is 0 Å². The van der Waals surface area contributed by atoms with Gasteiger partial charge in [0.2, 0.25) is 0 Å². The van der Waals surface area contributed by atoms with E-state index in [0.29, 0.717) is 19.1 Å². The van der Waals surface area contributed by atoms with Crippen molar-refractivity contribution in [2.45, 2.75) is 32.4 Å². The van der Waals surface area contributed by atoms with Gasteiger partial charge in [-0.15, -0.1) is 0 Å². The molecule has 140 valence electrons. The van der Waals surface area contributed by atoms with Crippen LogP contribution in [0.2, 0.25) is 0 Å². The summed E-state index contributed by atoms with van der Waals surface area (Å²) in [5, 5.41) is 7.71. The van der Waals surface area contributed by atoms with Crippen LogP contribution in [0.3, 0.4) is 0 Å². The van der Waals surface area contributed by atoms with Crippen LogP contribution >= 0.6 is 11.3 Å². The molecule has 6 heteroatoms. The van der Waals surface area contributed by atoms with E-state index >= 15 is 0 Å². The van der Waals surface area contributed by atoms with Crippen LogP contribution in [0.15, 0.2) is 46.1 Å². The number of rotatable bonds is 7. The van der Waals surface area contributed by atoms with Gasteiger partial charge in [0.15, 0.2) is 5.96 Å². The van der Waals surface area contributed by atoms with Gasteiger partial charge in [0.25, 0.3) is 0 Å². The van der Waals surface area contributed by atoms with E-state index in [9.17, 15) is 0 Å². The lowest BCUT2D eigenvalue weighted by Gasteiger charge is -2.29. The number of benzene rings is 1. The number of hydrogen-bond donors (Lipinski definition) is 2. The molecule has 2 aromatic rings. The van der Waals surface area contributed by atoms with Gasteiger partial charge in [-0.05, 0) is 41.5 Å². The molecule has 0 fully saturated rings. The third-order valence-electron chi connectivity index (χ3n) is 4.90. The molecule has 2 unspecified atom stereocenters. The Bertz CT molecular complexity index is 712. The summed E-state index contributed by atoms with van der Waals surface area (Å²) in [4.78, 5) is 7.09. The standard InChI is InChI=1S/C20H28N4OS/c1-3-24(4-2)18(15-10-12-26-14-15)13-22-20(21)23-17-9-11-25-19-8-6-5-7-16(17)19/h5-8,10,12,14,17-18H,3-4,9,11,13H2,1-2H3,(H3,21,22,23). The van der Waals surface area contributed by atoms with E-state index in [2.05, 4.69) is 51.9 Å². The highest BCUT2D eigenvalue weighted by Gasteiger charge is 2.22. The van der Waals surface area contributed by atoms with E-state index in [0.717, 1.165) is 30.8 Å². The van der Waals surface area contributed by atoms with Gasteiger partial charge < -0.3 is 15.8 Å². The molecule has 3 N–H and O–H groups in total. The molecular weight excluding hydrogens is 344 g/mol. The molecular formula is C20H28N4OS. The molecule has 1 aromatic heterocycles. The molecule has 26 heavy (non-hydrogen) atoms. The molecule has 2 atom stereocenters. The summed E-state index contributed by atoms with van der Waals surface area (Å²) in [5.41, 5.74) is 8.69. The summed E-state index contributed by atoms with van der Waals surface area (Å²) in [5.74, 6) is 1.43. The molecule has 0 bridgehead atoms. The van der Waals surface area contributed by atoms with Crippen LogP contribution in [0.1, 0.15) is 43.5 Å². The Labute approximate surface area is 159 Å². The molecule has 0 spiro atoms. The second-order valence-corrected chi connectivity index (χ2v) is 7.17. The number of nitrogens with two attached hydrogens (primary N) is 1. The number of thiophene rings is 1. The second kappa shape index (κ2) is 9.05. The summed E-state index contributed by atoms with van der Waals surface area (Å²) in [6.45, 7) is 7.71. The van der Waals surface area contributed by atoms with Gasteiger partial charge in [-0.2, -0.15) is 11.3 Å². The molecule has 1 aliphatic heterocycles. The first-order valence-corrected chi connectivity index (χ1v) is 10.2. The molecule has 0 aliphatic carbocycles. The van der Waals surface area contributed by atoms with Gasteiger partial charge in [0.1, 0.15) is 5.75 Å². The Hall–Kier alpha value is -2.05.